The lowest BCUT2D eigenvalue weighted by Gasteiger charge is -2.25. The molecule has 6 nitrogen and oxygen atoms in total. The maximum atomic E-state index is 12.8. The van der Waals surface area contributed by atoms with E-state index in [1.54, 1.807) is 0 Å². The Labute approximate surface area is 362 Å². The van der Waals surface area contributed by atoms with Crippen molar-refractivity contribution in [2.45, 2.75) is 259 Å². The Morgan fingerprint density at radius 2 is 0.759 bits per heavy atom. The van der Waals surface area contributed by atoms with Crippen LogP contribution in [0.4, 0.5) is 0 Å². The second kappa shape index (κ2) is 42.5. The standard InChI is InChI=1S/C52H102N2O4/c1-5-9-13-17-19-20-22-28-38-50(36-26-16-12-8-4)48-58-52(56)40-30-24-32-42-53(45-46-54-43-33-34-44-54)41-31-23-29-39-51(55)57-47-49(35-25-15-11-7-3)37-27-21-18-14-10-6-2/h49-50H,5-48H2,1-4H3. The fraction of sp³-hybridized carbons (Fsp3) is 0.962. The van der Waals surface area contributed by atoms with E-state index in [0.717, 1.165) is 64.7 Å². The van der Waals surface area contributed by atoms with Crippen LogP contribution in [0.2, 0.25) is 0 Å². The zero-order valence-electron chi connectivity index (χ0n) is 39.8. The third kappa shape index (κ3) is 35.6. The quantitative estimate of drug-likeness (QED) is 0.0451. The average molecular weight is 819 g/mol. The van der Waals surface area contributed by atoms with E-state index >= 15 is 0 Å². The molecule has 6 heteroatoms. The van der Waals surface area contributed by atoms with Crippen molar-refractivity contribution >= 4 is 11.9 Å². The molecule has 2 unspecified atom stereocenters. The molecule has 1 fully saturated rings. The zero-order chi connectivity index (χ0) is 42.0. The lowest BCUT2D eigenvalue weighted by molar-refractivity contribution is -0.146. The molecule has 0 aromatic carbocycles. The lowest BCUT2D eigenvalue weighted by Crippen LogP contribution is -2.35. The van der Waals surface area contributed by atoms with Gasteiger partial charge < -0.3 is 19.3 Å². The Bertz CT molecular complexity index is 877. The highest BCUT2D eigenvalue weighted by Gasteiger charge is 2.16. The van der Waals surface area contributed by atoms with Gasteiger partial charge in [-0.1, -0.05) is 182 Å². The van der Waals surface area contributed by atoms with E-state index in [1.165, 1.54) is 193 Å². The van der Waals surface area contributed by atoms with E-state index in [1.807, 2.05) is 0 Å². The Hall–Kier alpha value is -1.14. The van der Waals surface area contributed by atoms with Crippen LogP contribution in [0.3, 0.4) is 0 Å². The lowest BCUT2D eigenvalue weighted by atomic mass is 9.95. The molecule has 58 heavy (non-hydrogen) atoms. The first kappa shape index (κ1) is 54.9. The van der Waals surface area contributed by atoms with E-state index in [0.29, 0.717) is 37.9 Å². The molecule has 344 valence electrons. The second-order valence-electron chi connectivity index (χ2n) is 18.6. The van der Waals surface area contributed by atoms with E-state index in [4.69, 9.17) is 9.47 Å². The Morgan fingerprint density at radius 1 is 0.431 bits per heavy atom. The number of carbonyl (C=O) groups is 2. The monoisotopic (exact) mass is 819 g/mol. The van der Waals surface area contributed by atoms with Crippen molar-refractivity contribution in [3.8, 4) is 0 Å². The van der Waals surface area contributed by atoms with Crippen molar-refractivity contribution in [2.24, 2.45) is 11.8 Å². The molecular weight excluding hydrogens is 717 g/mol. The van der Waals surface area contributed by atoms with E-state index in [9.17, 15) is 9.59 Å². The van der Waals surface area contributed by atoms with Crippen LogP contribution < -0.4 is 0 Å². The van der Waals surface area contributed by atoms with Gasteiger partial charge in [-0.25, -0.2) is 0 Å². The summed E-state index contributed by atoms with van der Waals surface area (Å²) < 4.78 is 11.8. The van der Waals surface area contributed by atoms with Crippen molar-refractivity contribution in [1.82, 2.24) is 9.80 Å². The second-order valence-corrected chi connectivity index (χ2v) is 18.6. The third-order valence-corrected chi connectivity index (χ3v) is 13.0. The molecule has 0 radical (unpaired) electrons. The number of rotatable bonds is 45. The zero-order valence-corrected chi connectivity index (χ0v) is 39.8. The number of unbranched alkanes of at least 4 members (excludes halogenated alkanes) is 22. The molecule has 0 bridgehead atoms. The van der Waals surface area contributed by atoms with Crippen LogP contribution >= 0.6 is 0 Å². The predicted octanol–water partition coefficient (Wildman–Crippen LogP) is 15.0. The van der Waals surface area contributed by atoms with Gasteiger partial charge in [-0.2, -0.15) is 0 Å². The molecule has 0 aromatic heterocycles. The van der Waals surface area contributed by atoms with Crippen molar-refractivity contribution < 1.29 is 19.1 Å². The number of carbonyl (C=O) groups excluding carboxylic acids is 2. The summed E-state index contributed by atoms with van der Waals surface area (Å²) in [5, 5.41) is 0. The fourth-order valence-corrected chi connectivity index (χ4v) is 8.88. The first-order valence-electron chi connectivity index (χ1n) is 26.3. The highest BCUT2D eigenvalue weighted by Crippen LogP contribution is 2.22. The van der Waals surface area contributed by atoms with Gasteiger partial charge in [0, 0.05) is 25.9 Å². The molecule has 1 rings (SSSR count). The molecule has 0 amide bonds. The summed E-state index contributed by atoms with van der Waals surface area (Å²) in [6.07, 6.45) is 44.0. The summed E-state index contributed by atoms with van der Waals surface area (Å²) in [6.45, 7) is 17.3. The SMILES string of the molecule is CCCCCCCCCCC(CCCCCC)COC(=O)CCCCCN(CCCCCC(=O)OCC(CCCCCC)CCCCCCCC)CCN1CCCC1. The number of hydrogen-bond donors (Lipinski definition) is 0. The van der Waals surface area contributed by atoms with Gasteiger partial charge in [0.05, 0.1) is 13.2 Å². The molecule has 0 aliphatic carbocycles. The van der Waals surface area contributed by atoms with Crippen molar-refractivity contribution in [2.75, 3.05) is 52.5 Å². The van der Waals surface area contributed by atoms with Crippen LogP contribution in [0.25, 0.3) is 0 Å². The molecule has 0 aromatic rings. The molecular formula is C52H102N2O4. The predicted molar refractivity (Wildman–Crippen MR) is 251 cm³/mol. The van der Waals surface area contributed by atoms with Crippen molar-refractivity contribution in [3.63, 3.8) is 0 Å². The van der Waals surface area contributed by atoms with E-state index in [2.05, 4.69) is 37.5 Å². The summed E-state index contributed by atoms with van der Waals surface area (Å²) in [5.41, 5.74) is 0. The minimum Gasteiger partial charge on any atom is -0.465 e. The summed E-state index contributed by atoms with van der Waals surface area (Å²) >= 11 is 0. The fourth-order valence-electron chi connectivity index (χ4n) is 8.88. The van der Waals surface area contributed by atoms with Gasteiger partial charge in [-0.3, -0.25) is 9.59 Å². The number of nitrogens with zero attached hydrogens (tertiary/aromatic N) is 2. The number of hydrogen-bond acceptors (Lipinski definition) is 6. The van der Waals surface area contributed by atoms with Crippen LogP contribution in [0.5, 0.6) is 0 Å². The number of likely N-dealkylation sites (tertiary alicyclic amines) is 1. The first-order chi connectivity index (χ1) is 28.5. The molecule has 0 N–H and O–H groups in total. The molecule has 0 spiro atoms. The van der Waals surface area contributed by atoms with Gasteiger partial charge in [0.1, 0.15) is 0 Å². The van der Waals surface area contributed by atoms with E-state index < -0.39 is 0 Å². The smallest absolute Gasteiger partial charge is 0.305 e. The Morgan fingerprint density at radius 3 is 1.14 bits per heavy atom. The van der Waals surface area contributed by atoms with Crippen LogP contribution in [0.15, 0.2) is 0 Å². The largest absolute Gasteiger partial charge is 0.465 e. The molecule has 1 aliphatic heterocycles. The Kier molecular flexibility index (Phi) is 40.3. The highest BCUT2D eigenvalue weighted by atomic mass is 16.5. The maximum absolute atomic E-state index is 12.8. The van der Waals surface area contributed by atoms with Crippen LogP contribution in [0, 0.1) is 11.8 Å². The minimum atomic E-state index is 0.0110. The molecule has 1 saturated heterocycles. The summed E-state index contributed by atoms with van der Waals surface area (Å²) in [5.74, 6) is 1.10. The number of ether oxygens (including phenoxy) is 2. The molecule has 0 saturated carbocycles. The molecule has 2 atom stereocenters. The first-order valence-corrected chi connectivity index (χ1v) is 26.3. The number of esters is 2. The van der Waals surface area contributed by atoms with Gasteiger partial charge >= 0.3 is 11.9 Å². The highest BCUT2D eigenvalue weighted by molar-refractivity contribution is 5.69. The topological polar surface area (TPSA) is 59.1 Å². The van der Waals surface area contributed by atoms with Crippen molar-refractivity contribution in [1.29, 1.82) is 0 Å². The normalized spacial score (nSPS) is 14.4. The van der Waals surface area contributed by atoms with Crippen LogP contribution in [0.1, 0.15) is 259 Å². The van der Waals surface area contributed by atoms with E-state index in [-0.39, 0.29) is 11.9 Å². The van der Waals surface area contributed by atoms with Gasteiger partial charge in [-0.05, 0) is 102 Å². The van der Waals surface area contributed by atoms with Gasteiger partial charge in [0.2, 0.25) is 0 Å². The van der Waals surface area contributed by atoms with Crippen LogP contribution in [-0.2, 0) is 19.1 Å². The molecule has 1 heterocycles. The summed E-state index contributed by atoms with van der Waals surface area (Å²) in [6, 6.07) is 0. The minimum absolute atomic E-state index is 0.0110. The van der Waals surface area contributed by atoms with Crippen molar-refractivity contribution in [3.05, 3.63) is 0 Å². The van der Waals surface area contributed by atoms with Crippen LogP contribution in [-0.4, -0.2) is 74.2 Å². The Balaban J connectivity index is 2.36. The maximum Gasteiger partial charge on any atom is 0.305 e. The summed E-state index contributed by atoms with van der Waals surface area (Å²) in [4.78, 5) is 30.8. The average Bonchev–Trinajstić information content (AvgIpc) is 3.76. The third-order valence-electron chi connectivity index (χ3n) is 13.0. The van der Waals surface area contributed by atoms with Gasteiger partial charge in [0.25, 0.3) is 0 Å². The van der Waals surface area contributed by atoms with Gasteiger partial charge in [-0.15, -0.1) is 0 Å². The van der Waals surface area contributed by atoms with Gasteiger partial charge in [0.15, 0.2) is 0 Å². The molecule has 1 aliphatic rings. The summed E-state index contributed by atoms with van der Waals surface area (Å²) in [7, 11) is 0.